The Bertz CT molecular complexity index is 768. The van der Waals surface area contributed by atoms with Gasteiger partial charge in [0.15, 0.2) is 11.8 Å². The number of hydrogen-bond acceptors (Lipinski definition) is 6. The summed E-state index contributed by atoms with van der Waals surface area (Å²) < 4.78 is 12.8. The Balaban J connectivity index is 1.58. The fourth-order valence-electron chi connectivity index (χ4n) is 3.80. The molecule has 0 saturated heterocycles. The van der Waals surface area contributed by atoms with Crippen molar-refractivity contribution in [1.29, 1.82) is 0 Å². The molecule has 0 spiro atoms. The van der Waals surface area contributed by atoms with Crippen LogP contribution in [-0.2, 0) is 24.3 Å². The molecule has 0 amide bonds. The molecule has 2 aromatic rings. The molecular weight excluding hydrogens is 370 g/mol. The van der Waals surface area contributed by atoms with Gasteiger partial charge in [-0.1, -0.05) is 13.8 Å². The number of likely N-dealkylation sites (N-methyl/N-ethyl adjacent to an activating group) is 1. The van der Waals surface area contributed by atoms with Crippen LogP contribution in [0.1, 0.15) is 43.7 Å². The molecule has 9 nitrogen and oxygen atoms in total. The van der Waals surface area contributed by atoms with E-state index in [9.17, 15) is 0 Å². The monoisotopic (exact) mass is 403 g/mol. The van der Waals surface area contributed by atoms with Gasteiger partial charge in [-0.05, 0) is 31.6 Å². The van der Waals surface area contributed by atoms with Crippen molar-refractivity contribution in [3.8, 4) is 0 Å². The third-order valence-corrected chi connectivity index (χ3v) is 5.33. The molecule has 0 bridgehead atoms. The van der Waals surface area contributed by atoms with E-state index >= 15 is 0 Å². The van der Waals surface area contributed by atoms with Crippen LogP contribution in [-0.4, -0.2) is 65.5 Å². The Hall–Kier alpha value is -2.39. The third kappa shape index (κ3) is 5.36. The number of hydrogen-bond donors (Lipinski definition) is 2. The number of nitrogens with one attached hydrogen (secondary N) is 2. The van der Waals surface area contributed by atoms with Crippen molar-refractivity contribution >= 4 is 5.96 Å². The molecule has 2 unspecified atom stereocenters. The predicted octanol–water partition coefficient (Wildman–Crippen LogP) is 1.58. The zero-order chi connectivity index (χ0) is 20.6. The van der Waals surface area contributed by atoms with E-state index < -0.39 is 0 Å². The average molecular weight is 404 g/mol. The number of guanidine groups is 1. The van der Waals surface area contributed by atoms with Crippen molar-refractivity contribution in [2.24, 2.45) is 4.99 Å². The molecule has 0 aliphatic carbocycles. The van der Waals surface area contributed by atoms with Gasteiger partial charge in [-0.3, -0.25) is 9.89 Å². The number of aromatic nitrogens is 3. The summed E-state index contributed by atoms with van der Waals surface area (Å²) in [5, 5.41) is 11.5. The first-order chi connectivity index (χ1) is 14.2. The summed E-state index contributed by atoms with van der Waals surface area (Å²) >= 11 is 0. The molecule has 29 heavy (non-hydrogen) atoms. The van der Waals surface area contributed by atoms with Gasteiger partial charge in [0.1, 0.15) is 18.2 Å². The Morgan fingerprint density at radius 3 is 2.93 bits per heavy atom. The molecule has 1 aliphatic heterocycles. The molecule has 2 aromatic heterocycles. The fraction of sp³-hybridized carbons (Fsp3) is 0.650. The van der Waals surface area contributed by atoms with Crippen LogP contribution in [0, 0.1) is 0 Å². The highest BCUT2D eigenvalue weighted by atomic mass is 16.5. The lowest BCUT2D eigenvalue weighted by atomic mass is 10.1. The van der Waals surface area contributed by atoms with E-state index in [4.69, 9.17) is 9.15 Å². The maximum Gasteiger partial charge on any atom is 0.191 e. The summed E-state index contributed by atoms with van der Waals surface area (Å²) in [6, 6.07) is 4.38. The number of aliphatic imine (C=N–C) groups is 1. The van der Waals surface area contributed by atoms with E-state index in [1.165, 1.54) is 0 Å². The third-order valence-electron chi connectivity index (χ3n) is 5.33. The van der Waals surface area contributed by atoms with Crippen LogP contribution in [0.5, 0.6) is 0 Å². The number of methoxy groups -OCH3 is 1. The van der Waals surface area contributed by atoms with E-state index in [2.05, 4.69) is 44.5 Å². The highest BCUT2D eigenvalue weighted by Crippen LogP contribution is 2.20. The lowest BCUT2D eigenvalue weighted by Gasteiger charge is -2.30. The summed E-state index contributed by atoms with van der Waals surface area (Å²) in [6.45, 7) is 8.18. The highest BCUT2D eigenvalue weighted by Gasteiger charge is 2.24. The molecule has 9 heteroatoms. The van der Waals surface area contributed by atoms with E-state index in [0.717, 1.165) is 55.8 Å². The Morgan fingerprint density at radius 1 is 1.45 bits per heavy atom. The smallest absolute Gasteiger partial charge is 0.191 e. The lowest BCUT2D eigenvalue weighted by Crippen LogP contribution is -2.49. The number of furan rings is 1. The first kappa shape index (κ1) is 21.3. The summed E-state index contributed by atoms with van der Waals surface area (Å²) in [4.78, 5) is 11.3. The van der Waals surface area contributed by atoms with Gasteiger partial charge in [0.25, 0.3) is 0 Å². The number of nitrogens with zero attached hydrogens (tertiary/aromatic N) is 5. The molecule has 2 N–H and O–H groups in total. The van der Waals surface area contributed by atoms with Gasteiger partial charge < -0.3 is 19.8 Å². The van der Waals surface area contributed by atoms with E-state index in [1.807, 2.05) is 16.8 Å². The van der Waals surface area contributed by atoms with Crippen molar-refractivity contribution in [2.45, 2.75) is 51.9 Å². The molecule has 0 aromatic carbocycles. The maximum absolute atomic E-state index is 5.69. The minimum absolute atomic E-state index is 0.156. The van der Waals surface area contributed by atoms with Crippen molar-refractivity contribution in [1.82, 2.24) is 30.3 Å². The zero-order valence-electron chi connectivity index (χ0n) is 17.9. The first-order valence-corrected chi connectivity index (χ1v) is 10.3. The Kier molecular flexibility index (Phi) is 7.65. The van der Waals surface area contributed by atoms with Crippen LogP contribution in [0.4, 0.5) is 0 Å². The van der Waals surface area contributed by atoms with Crippen LogP contribution < -0.4 is 10.6 Å². The molecular formula is C20H33N7O2. The largest absolute Gasteiger partial charge is 0.468 e. The molecule has 3 heterocycles. The minimum atomic E-state index is 0.156. The van der Waals surface area contributed by atoms with Gasteiger partial charge in [-0.2, -0.15) is 5.10 Å². The molecule has 0 fully saturated rings. The van der Waals surface area contributed by atoms with Crippen LogP contribution in [0.3, 0.4) is 0 Å². The van der Waals surface area contributed by atoms with Crippen molar-refractivity contribution in [2.75, 3.05) is 33.8 Å². The molecule has 160 valence electrons. The van der Waals surface area contributed by atoms with Crippen LogP contribution >= 0.6 is 0 Å². The van der Waals surface area contributed by atoms with Crippen molar-refractivity contribution < 1.29 is 9.15 Å². The SMILES string of the molecule is CCN(CC)C(CNC(=NC)NC1CCc2nc(COC)nn2C1)c1ccco1. The van der Waals surface area contributed by atoms with Gasteiger partial charge in [-0.15, -0.1) is 0 Å². The lowest BCUT2D eigenvalue weighted by molar-refractivity contribution is 0.177. The second-order valence-electron chi connectivity index (χ2n) is 7.14. The molecule has 3 rings (SSSR count). The van der Waals surface area contributed by atoms with Gasteiger partial charge in [0, 0.05) is 33.2 Å². The first-order valence-electron chi connectivity index (χ1n) is 10.3. The molecule has 0 saturated carbocycles. The van der Waals surface area contributed by atoms with Crippen LogP contribution in [0.2, 0.25) is 0 Å². The minimum Gasteiger partial charge on any atom is -0.468 e. The van der Waals surface area contributed by atoms with E-state index in [0.29, 0.717) is 13.2 Å². The highest BCUT2D eigenvalue weighted by molar-refractivity contribution is 5.80. The van der Waals surface area contributed by atoms with Gasteiger partial charge in [0.2, 0.25) is 0 Å². The summed E-state index contributed by atoms with van der Waals surface area (Å²) in [5.74, 6) is 3.52. The van der Waals surface area contributed by atoms with Crippen molar-refractivity contribution in [3.63, 3.8) is 0 Å². The molecule has 0 radical (unpaired) electrons. The zero-order valence-corrected chi connectivity index (χ0v) is 17.9. The van der Waals surface area contributed by atoms with Gasteiger partial charge >= 0.3 is 0 Å². The van der Waals surface area contributed by atoms with Gasteiger partial charge in [0.05, 0.1) is 18.8 Å². The Morgan fingerprint density at radius 2 is 2.28 bits per heavy atom. The quantitative estimate of drug-likeness (QED) is 0.485. The number of aryl methyl sites for hydroxylation is 1. The van der Waals surface area contributed by atoms with E-state index in [-0.39, 0.29) is 12.1 Å². The maximum atomic E-state index is 5.69. The normalized spacial score (nSPS) is 18.0. The average Bonchev–Trinajstić information content (AvgIpc) is 3.39. The summed E-state index contributed by atoms with van der Waals surface area (Å²) in [6.07, 6.45) is 3.61. The molecule has 1 aliphatic rings. The number of ether oxygens (including phenoxy) is 1. The van der Waals surface area contributed by atoms with Crippen LogP contribution in [0.15, 0.2) is 27.8 Å². The molecule has 2 atom stereocenters. The van der Waals surface area contributed by atoms with Gasteiger partial charge in [-0.25, -0.2) is 9.67 Å². The summed E-state index contributed by atoms with van der Waals surface area (Å²) in [5.41, 5.74) is 0. The van der Waals surface area contributed by atoms with Crippen molar-refractivity contribution in [3.05, 3.63) is 35.8 Å². The Labute approximate surface area is 172 Å². The predicted molar refractivity (Wildman–Crippen MR) is 112 cm³/mol. The standard InChI is InChI=1S/C20H33N7O2/c1-5-26(6-2)16(17-8-7-11-29-17)12-22-20(21-3)23-15-9-10-19-24-18(14-28-4)25-27(19)13-15/h7-8,11,15-16H,5-6,9-10,12-14H2,1-4H3,(H2,21,22,23). The number of rotatable bonds is 9. The second-order valence-corrected chi connectivity index (χ2v) is 7.14. The van der Waals surface area contributed by atoms with E-state index in [1.54, 1.807) is 20.4 Å². The summed E-state index contributed by atoms with van der Waals surface area (Å²) in [7, 11) is 3.46. The number of fused-ring (bicyclic) bond motifs is 1. The van der Waals surface area contributed by atoms with Crippen LogP contribution in [0.25, 0.3) is 0 Å². The topological polar surface area (TPSA) is 92.7 Å². The fourth-order valence-corrected chi connectivity index (χ4v) is 3.80. The second kappa shape index (κ2) is 10.4.